The van der Waals surface area contributed by atoms with Crippen molar-refractivity contribution in [2.45, 2.75) is 70.6 Å². The fourth-order valence-electron chi connectivity index (χ4n) is 7.07. The van der Waals surface area contributed by atoms with Gasteiger partial charge in [0.1, 0.15) is 18.3 Å². The van der Waals surface area contributed by atoms with Crippen molar-refractivity contribution in [3.05, 3.63) is 108 Å². The Bertz CT molecular complexity index is 1940. The van der Waals surface area contributed by atoms with Crippen LogP contribution in [0.25, 0.3) is 33.6 Å². The summed E-state index contributed by atoms with van der Waals surface area (Å²) in [6, 6.07) is 24.3. The Morgan fingerprint density at radius 2 is 1.37 bits per heavy atom. The lowest BCUT2D eigenvalue weighted by atomic mass is 9.80. The van der Waals surface area contributed by atoms with E-state index < -0.39 is 6.09 Å². The average molecular weight is 659 g/mol. The van der Waals surface area contributed by atoms with Crippen LogP contribution in [0.5, 0.6) is 0 Å². The Labute approximate surface area is 286 Å². The van der Waals surface area contributed by atoms with Gasteiger partial charge in [0.15, 0.2) is 0 Å². The molecule has 2 aliphatic heterocycles. The highest BCUT2D eigenvalue weighted by Gasteiger charge is 2.34. The van der Waals surface area contributed by atoms with Crippen LogP contribution in [-0.2, 0) is 16.8 Å². The quantitative estimate of drug-likeness (QED) is 0.161. The summed E-state index contributed by atoms with van der Waals surface area (Å²) in [6.07, 6.45) is 5.75. The lowest BCUT2D eigenvalue weighted by molar-refractivity contribution is 0.0909. The van der Waals surface area contributed by atoms with E-state index in [0.29, 0.717) is 18.9 Å². The number of nitrogens with one attached hydrogen (secondary N) is 2. The molecule has 10 nitrogen and oxygen atoms in total. The molecule has 2 fully saturated rings. The van der Waals surface area contributed by atoms with Gasteiger partial charge in [-0.05, 0) is 70.5 Å². The van der Waals surface area contributed by atoms with Crippen molar-refractivity contribution < 1.29 is 19.4 Å². The molecule has 3 aromatic carbocycles. The molecule has 2 atom stereocenters. The number of aromatic nitrogens is 4. The molecule has 7 rings (SSSR count). The summed E-state index contributed by atoms with van der Waals surface area (Å²) in [5.41, 5.74) is 8.10. The number of nitrogens with zero attached hydrogens (tertiary/aromatic N) is 4. The molecule has 0 saturated carbocycles. The third kappa shape index (κ3) is 6.68. The maximum atomic E-state index is 13.0. The van der Waals surface area contributed by atoms with Crippen molar-refractivity contribution in [1.82, 2.24) is 29.7 Å². The third-order valence-electron chi connectivity index (χ3n) is 9.66. The minimum Gasteiger partial charge on any atom is -0.465 e. The van der Waals surface area contributed by atoms with Crippen LogP contribution in [0.1, 0.15) is 81.3 Å². The first-order chi connectivity index (χ1) is 23.7. The van der Waals surface area contributed by atoms with Crippen molar-refractivity contribution in [2.24, 2.45) is 0 Å². The van der Waals surface area contributed by atoms with Crippen molar-refractivity contribution >= 4 is 12.2 Å². The van der Waals surface area contributed by atoms with Gasteiger partial charge in [-0.25, -0.2) is 19.6 Å². The Morgan fingerprint density at radius 3 is 2.00 bits per heavy atom. The number of hydrogen-bond acceptors (Lipinski definition) is 5. The number of carboxylic acid groups (broad SMARTS) is 1. The van der Waals surface area contributed by atoms with E-state index >= 15 is 0 Å². The summed E-state index contributed by atoms with van der Waals surface area (Å²) in [5, 5.41) is 9.55. The van der Waals surface area contributed by atoms with Gasteiger partial charge in [-0.2, -0.15) is 0 Å². The molecule has 252 valence electrons. The number of rotatable bonds is 7. The lowest BCUT2D eigenvalue weighted by Gasteiger charge is -2.24. The van der Waals surface area contributed by atoms with Crippen molar-refractivity contribution in [1.29, 1.82) is 0 Å². The first kappa shape index (κ1) is 32.2. The number of hydrogen-bond donors (Lipinski definition) is 3. The van der Waals surface area contributed by atoms with Crippen LogP contribution in [0.4, 0.5) is 9.59 Å². The number of aromatic amines is 2. The smallest absolute Gasteiger partial charge is 0.410 e. The normalized spacial score (nSPS) is 17.9. The number of benzene rings is 3. The van der Waals surface area contributed by atoms with Crippen LogP contribution in [0.2, 0.25) is 0 Å². The van der Waals surface area contributed by atoms with E-state index in [1.165, 1.54) is 10.5 Å². The van der Waals surface area contributed by atoms with Crippen LogP contribution in [-0.4, -0.2) is 60.1 Å². The van der Waals surface area contributed by atoms with Crippen molar-refractivity contribution in [3.8, 4) is 33.6 Å². The molecule has 0 unspecified atom stereocenters. The molecule has 10 heteroatoms. The van der Waals surface area contributed by atoms with Crippen LogP contribution >= 0.6 is 0 Å². The first-order valence-corrected chi connectivity index (χ1v) is 17.0. The summed E-state index contributed by atoms with van der Waals surface area (Å²) in [6.45, 7) is 8.07. The minimum atomic E-state index is -0.907. The monoisotopic (exact) mass is 658 g/mol. The zero-order chi connectivity index (χ0) is 34.1. The van der Waals surface area contributed by atoms with E-state index in [1.807, 2.05) is 36.5 Å². The number of likely N-dealkylation sites (tertiary alicyclic amines) is 2. The fraction of sp³-hybridized carbons (Fsp3) is 0.333. The molecule has 0 bridgehead atoms. The molecule has 2 saturated heterocycles. The molecular formula is C39H42N6O4. The van der Waals surface area contributed by atoms with Gasteiger partial charge < -0.3 is 19.8 Å². The second kappa shape index (κ2) is 13.3. The second-order valence-corrected chi connectivity index (χ2v) is 14.0. The van der Waals surface area contributed by atoms with E-state index in [4.69, 9.17) is 9.72 Å². The number of amides is 2. The van der Waals surface area contributed by atoms with E-state index in [9.17, 15) is 14.7 Å². The maximum Gasteiger partial charge on any atom is 0.410 e. The molecule has 5 aromatic rings. The topological polar surface area (TPSA) is 127 Å². The molecule has 2 aliphatic rings. The van der Waals surface area contributed by atoms with Gasteiger partial charge in [0.2, 0.25) is 0 Å². The van der Waals surface area contributed by atoms with E-state index in [0.717, 1.165) is 70.7 Å². The second-order valence-electron chi connectivity index (χ2n) is 14.0. The van der Waals surface area contributed by atoms with E-state index in [1.54, 1.807) is 11.1 Å². The predicted octanol–water partition coefficient (Wildman–Crippen LogP) is 8.72. The number of carbonyl (C=O) groups is 2. The number of ether oxygens (including phenoxy) is 1. The molecule has 2 amide bonds. The van der Waals surface area contributed by atoms with Gasteiger partial charge in [-0.3, -0.25) is 9.80 Å². The highest BCUT2D eigenvalue weighted by Crippen LogP contribution is 2.38. The van der Waals surface area contributed by atoms with Crippen LogP contribution in [0.15, 0.2) is 85.2 Å². The van der Waals surface area contributed by atoms with Crippen molar-refractivity contribution in [2.75, 3.05) is 13.1 Å². The van der Waals surface area contributed by atoms with E-state index in [2.05, 4.69) is 78.2 Å². The summed E-state index contributed by atoms with van der Waals surface area (Å²) in [7, 11) is 0. The lowest BCUT2D eigenvalue weighted by Crippen LogP contribution is -2.31. The largest absolute Gasteiger partial charge is 0.465 e. The maximum absolute atomic E-state index is 13.0. The van der Waals surface area contributed by atoms with Gasteiger partial charge in [0, 0.05) is 13.1 Å². The number of carbonyl (C=O) groups excluding carboxylic acids is 1. The van der Waals surface area contributed by atoms with Gasteiger partial charge in [-0.1, -0.05) is 87.5 Å². The molecule has 0 radical (unpaired) electrons. The highest BCUT2D eigenvalue weighted by atomic mass is 16.6. The van der Waals surface area contributed by atoms with Crippen LogP contribution in [0.3, 0.4) is 0 Å². The number of imidazole rings is 2. The standard InChI is InChI=1S/C39H42N6O4/c1-39(2,3)30-21-28(32-23-41-36(43-32)34-12-8-20-45(34)38(48)49-24-25-9-5-4-6-10-25)17-18-29(30)26-13-15-27(16-14-26)31-22-40-35(42-31)33-11-7-19-44(33)37(46)47/h4-6,9-10,13-18,21-23,33-34H,7-8,11-12,19-20,24H2,1-3H3,(H,40,42)(H,41,43)(H,46,47)/t33-,34-/m0/s1. The van der Waals surface area contributed by atoms with Gasteiger partial charge in [0.25, 0.3) is 0 Å². The zero-order valence-electron chi connectivity index (χ0n) is 28.1. The molecule has 0 aliphatic carbocycles. The Hall–Kier alpha value is -5.38. The SMILES string of the molecule is CC(C)(C)c1cc(-c2cnc([C@@H]3CCCN3C(=O)OCc3ccccc3)[nH]2)ccc1-c1ccc(-c2cnc([C@@H]3CCCN3C(=O)O)[nH]2)cc1. The fourth-order valence-corrected chi connectivity index (χ4v) is 7.07. The Kier molecular flexibility index (Phi) is 8.71. The highest BCUT2D eigenvalue weighted by molar-refractivity contribution is 5.76. The van der Waals surface area contributed by atoms with Gasteiger partial charge in [-0.15, -0.1) is 0 Å². The van der Waals surface area contributed by atoms with E-state index in [-0.39, 0.29) is 30.2 Å². The van der Waals surface area contributed by atoms with Crippen LogP contribution in [0, 0.1) is 0 Å². The molecule has 4 heterocycles. The number of H-pyrrole nitrogens is 2. The van der Waals surface area contributed by atoms with Gasteiger partial charge in [0.05, 0.1) is 35.9 Å². The van der Waals surface area contributed by atoms with Crippen molar-refractivity contribution in [3.63, 3.8) is 0 Å². The first-order valence-electron chi connectivity index (χ1n) is 17.0. The zero-order valence-corrected chi connectivity index (χ0v) is 28.1. The molecule has 49 heavy (non-hydrogen) atoms. The summed E-state index contributed by atoms with van der Waals surface area (Å²) < 4.78 is 5.65. The molecular weight excluding hydrogens is 616 g/mol. The molecule has 2 aromatic heterocycles. The third-order valence-corrected chi connectivity index (χ3v) is 9.66. The summed E-state index contributed by atoms with van der Waals surface area (Å²) in [5.74, 6) is 1.46. The predicted molar refractivity (Wildman–Crippen MR) is 188 cm³/mol. The molecule has 3 N–H and O–H groups in total. The molecule has 0 spiro atoms. The average Bonchev–Trinajstić information content (AvgIpc) is 3.93. The minimum absolute atomic E-state index is 0.132. The summed E-state index contributed by atoms with van der Waals surface area (Å²) >= 11 is 0. The van der Waals surface area contributed by atoms with Crippen LogP contribution < -0.4 is 0 Å². The Morgan fingerprint density at radius 1 is 0.796 bits per heavy atom. The Balaban J connectivity index is 1.09. The summed E-state index contributed by atoms with van der Waals surface area (Å²) in [4.78, 5) is 44.1. The van der Waals surface area contributed by atoms with Gasteiger partial charge >= 0.3 is 12.2 Å².